The van der Waals surface area contributed by atoms with Crippen LogP contribution in [0.4, 0.5) is 4.39 Å². The number of carbonyl (C=O) groups excluding carboxylic acids is 2. The average Bonchev–Trinajstić information content (AvgIpc) is 2.98. The van der Waals surface area contributed by atoms with E-state index in [4.69, 9.17) is 4.42 Å². The normalized spacial score (nSPS) is 10.1. The molecule has 0 saturated heterocycles. The van der Waals surface area contributed by atoms with Crippen LogP contribution in [0.15, 0.2) is 52.2 Å². The van der Waals surface area contributed by atoms with Gasteiger partial charge >= 0.3 is 0 Å². The number of furan rings is 1. The van der Waals surface area contributed by atoms with E-state index in [-0.39, 0.29) is 11.6 Å². The van der Waals surface area contributed by atoms with E-state index in [0.29, 0.717) is 10.5 Å². The molecule has 0 fully saturated rings. The number of carbonyl (C=O) groups is 2. The molecule has 0 spiro atoms. The molecule has 20 heavy (non-hydrogen) atoms. The first kappa shape index (κ1) is 14.1. The Hall–Kier alpha value is -2.28. The van der Waals surface area contributed by atoms with E-state index in [1.165, 1.54) is 24.7 Å². The van der Waals surface area contributed by atoms with Gasteiger partial charge in [0.1, 0.15) is 12.1 Å². The van der Waals surface area contributed by atoms with Crippen LogP contribution in [0.5, 0.6) is 0 Å². The van der Waals surface area contributed by atoms with Crippen molar-refractivity contribution in [3.05, 3.63) is 54.2 Å². The zero-order valence-corrected chi connectivity index (χ0v) is 11.1. The van der Waals surface area contributed by atoms with Gasteiger partial charge in [0.2, 0.25) is 5.91 Å². The second-order valence-electron chi connectivity index (χ2n) is 3.73. The van der Waals surface area contributed by atoms with Gasteiger partial charge in [-0.2, -0.15) is 0 Å². The van der Waals surface area contributed by atoms with E-state index in [2.05, 4.69) is 10.9 Å². The SMILES string of the molecule is O=C(CSc1ccccc1F)NNC(=O)c1ccoc1. The largest absolute Gasteiger partial charge is 0.472 e. The third-order valence-electron chi connectivity index (χ3n) is 2.29. The van der Waals surface area contributed by atoms with Gasteiger partial charge in [-0.05, 0) is 18.2 Å². The number of halogens is 1. The first-order valence-corrected chi connectivity index (χ1v) is 6.64. The highest BCUT2D eigenvalue weighted by Gasteiger charge is 2.09. The molecule has 0 aliphatic heterocycles. The average molecular weight is 294 g/mol. The maximum absolute atomic E-state index is 13.3. The van der Waals surface area contributed by atoms with Crippen LogP contribution in [0.1, 0.15) is 10.4 Å². The summed E-state index contributed by atoms with van der Waals surface area (Å²) in [5.74, 6) is -1.31. The van der Waals surface area contributed by atoms with Crippen LogP contribution in [0.3, 0.4) is 0 Å². The first-order valence-electron chi connectivity index (χ1n) is 5.65. The lowest BCUT2D eigenvalue weighted by atomic mass is 10.3. The van der Waals surface area contributed by atoms with Crippen LogP contribution in [0.2, 0.25) is 0 Å². The van der Waals surface area contributed by atoms with Crippen LogP contribution in [-0.4, -0.2) is 17.6 Å². The van der Waals surface area contributed by atoms with Gasteiger partial charge in [0, 0.05) is 4.90 Å². The highest BCUT2D eigenvalue weighted by molar-refractivity contribution is 8.00. The minimum atomic E-state index is -0.483. The molecular weight excluding hydrogens is 283 g/mol. The molecular formula is C13H11FN2O3S. The third-order valence-corrected chi connectivity index (χ3v) is 3.34. The highest BCUT2D eigenvalue weighted by Crippen LogP contribution is 2.20. The number of benzene rings is 1. The van der Waals surface area contributed by atoms with Crippen LogP contribution in [-0.2, 0) is 4.79 Å². The van der Waals surface area contributed by atoms with Crippen molar-refractivity contribution in [2.45, 2.75) is 4.90 Å². The van der Waals surface area contributed by atoms with Gasteiger partial charge in [0.15, 0.2) is 0 Å². The maximum Gasteiger partial charge on any atom is 0.272 e. The number of nitrogens with one attached hydrogen (secondary N) is 2. The number of hydrogen-bond acceptors (Lipinski definition) is 4. The third kappa shape index (κ3) is 3.86. The van der Waals surface area contributed by atoms with Crippen molar-refractivity contribution in [3.8, 4) is 0 Å². The fourth-order valence-corrected chi connectivity index (χ4v) is 2.07. The van der Waals surface area contributed by atoms with Crippen LogP contribution in [0, 0.1) is 5.82 Å². The molecule has 1 heterocycles. The molecule has 2 aromatic rings. The summed E-state index contributed by atoms with van der Waals surface area (Å²) in [4.78, 5) is 23.4. The van der Waals surface area contributed by atoms with Crippen molar-refractivity contribution in [2.75, 3.05) is 5.75 Å². The molecule has 1 aromatic carbocycles. The zero-order valence-electron chi connectivity index (χ0n) is 10.3. The Labute approximate surface area is 118 Å². The van der Waals surface area contributed by atoms with Crippen LogP contribution >= 0.6 is 11.8 Å². The van der Waals surface area contributed by atoms with E-state index in [1.54, 1.807) is 18.2 Å². The van der Waals surface area contributed by atoms with E-state index in [0.717, 1.165) is 11.8 Å². The molecule has 0 unspecified atom stereocenters. The van der Waals surface area contributed by atoms with Crippen LogP contribution in [0.25, 0.3) is 0 Å². The fraction of sp³-hybridized carbons (Fsp3) is 0.0769. The molecule has 1 aromatic heterocycles. The number of amides is 2. The van der Waals surface area contributed by atoms with Crippen molar-refractivity contribution < 1.29 is 18.4 Å². The van der Waals surface area contributed by atoms with E-state index < -0.39 is 11.8 Å². The Bertz CT molecular complexity index is 601. The number of thioether (sulfide) groups is 1. The molecule has 2 N–H and O–H groups in total. The molecule has 0 atom stereocenters. The van der Waals surface area contributed by atoms with Crippen molar-refractivity contribution >= 4 is 23.6 Å². The molecule has 5 nitrogen and oxygen atoms in total. The standard InChI is InChI=1S/C13H11FN2O3S/c14-10-3-1-2-4-11(10)20-8-12(17)15-16-13(18)9-5-6-19-7-9/h1-7H,8H2,(H,15,17)(H,16,18). The minimum Gasteiger partial charge on any atom is -0.472 e. The summed E-state index contributed by atoms with van der Waals surface area (Å²) in [6.45, 7) is 0. The Morgan fingerprint density at radius 3 is 2.70 bits per heavy atom. The van der Waals surface area contributed by atoms with E-state index in [9.17, 15) is 14.0 Å². The molecule has 2 amide bonds. The van der Waals surface area contributed by atoms with Gasteiger partial charge in [-0.1, -0.05) is 12.1 Å². The molecule has 0 aliphatic rings. The Morgan fingerprint density at radius 1 is 1.20 bits per heavy atom. The summed E-state index contributed by atoms with van der Waals surface area (Å²) in [5, 5.41) is 0. The maximum atomic E-state index is 13.3. The summed E-state index contributed by atoms with van der Waals surface area (Å²) in [5.41, 5.74) is 4.77. The Balaban J connectivity index is 1.76. The Kier molecular flexibility index (Phi) is 4.78. The van der Waals surface area contributed by atoms with Crippen molar-refractivity contribution in [2.24, 2.45) is 0 Å². The number of rotatable bonds is 4. The fourth-order valence-electron chi connectivity index (χ4n) is 1.33. The molecule has 7 heteroatoms. The van der Waals surface area contributed by atoms with Crippen molar-refractivity contribution in [1.82, 2.24) is 10.9 Å². The second kappa shape index (κ2) is 6.76. The van der Waals surface area contributed by atoms with Gasteiger partial charge in [0.25, 0.3) is 5.91 Å². The summed E-state index contributed by atoms with van der Waals surface area (Å²) in [7, 11) is 0. The van der Waals surface area contributed by atoms with Crippen molar-refractivity contribution in [1.29, 1.82) is 0 Å². The Morgan fingerprint density at radius 2 is 2.00 bits per heavy atom. The molecule has 0 bridgehead atoms. The predicted molar refractivity (Wildman–Crippen MR) is 71.4 cm³/mol. The van der Waals surface area contributed by atoms with Crippen LogP contribution < -0.4 is 10.9 Å². The van der Waals surface area contributed by atoms with Gasteiger partial charge in [-0.3, -0.25) is 20.4 Å². The molecule has 2 rings (SSSR count). The van der Waals surface area contributed by atoms with Gasteiger partial charge in [-0.15, -0.1) is 11.8 Å². The molecule has 104 valence electrons. The molecule has 0 saturated carbocycles. The van der Waals surface area contributed by atoms with E-state index in [1.807, 2.05) is 0 Å². The van der Waals surface area contributed by atoms with Gasteiger partial charge in [-0.25, -0.2) is 4.39 Å². The topological polar surface area (TPSA) is 71.3 Å². The van der Waals surface area contributed by atoms with Crippen molar-refractivity contribution in [3.63, 3.8) is 0 Å². The lowest BCUT2D eigenvalue weighted by Crippen LogP contribution is -2.42. The lowest BCUT2D eigenvalue weighted by molar-refractivity contribution is -0.119. The summed E-state index contributed by atoms with van der Waals surface area (Å²) >= 11 is 1.05. The number of hydrogen-bond donors (Lipinski definition) is 2. The second-order valence-corrected chi connectivity index (χ2v) is 4.75. The zero-order chi connectivity index (χ0) is 14.4. The smallest absolute Gasteiger partial charge is 0.272 e. The summed E-state index contributed by atoms with van der Waals surface area (Å²) in [6, 6.07) is 7.63. The van der Waals surface area contributed by atoms with E-state index >= 15 is 0 Å². The number of hydrazine groups is 1. The first-order chi connectivity index (χ1) is 9.66. The predicted octanol–water partition coefficient (Wildman–Crippen LogP) is 1.97. The summed E-state index contributed by atoms with van der Waals surface area (Å²) < 4.78 is 18.0. The van der Waals surface area contributed by atoms with Gasteiger partial charge < -0.3 is 4.42 Å². The lowest BCUT2D eigenvalue weighted by Gasteiger charge is -2.06. The highest BCUT2D eigenvalue weighted by atomic mass is 32.2. The van der Waals surface area contributed by atoms with Gasteiger partial charge in [0.05, 0.1) is 17.6 Å². The monoisotopic (exact) mass is 294 g/mol. The molecule has 0 aliphatic carbocycles. The quantitative estimate of drug-likeness (QED) is 0.668. The summed E-state index contributed by atoms with van der Waals surface area (Å²) in [6.07, 6.45) is 2.61. The minimum absolute atomic E-state index is 0.00734. The molecule has 0 radical (unpaired) electrons.